The highest BCUT2D eigenvalue weighted by Gasteiger charge is 2.13. The summed E-state index contributed by atoms with van der Waals surface area (Å²) in [4.78, 5) is 23.3. The fourth-order valence-corrected chi connectivity index (χ4v) is 2.76. The second-order valence-electron chi connectivity index (χ2n) is 5.85. The maximum absolute atomic E-state index is 12.1. The van der Waals surface area contributed by atoms with Gasteiger partial charge in [0.15, 0.2) is 0 Å². The number of hydrogen-bond donors (Lipinski definition) is 3. The van der Waals surface area contributed by atoms with Crippen molar-refractivity contribution in [3.63, 3.8) is 0 Å². The molecule has 0 fully saturated rings. The maximum atomic E-state index is 12.1. The molecule has 25 heavy (non-hydrogen) atoms. The average Bonchev–Trinajstić information content (AvgIpc) is 2.60. The van der Waals surface area contributed by atoms with Crippen molar-refractivity contribution in [1.82, 2.24) is 5.06 Å². The van der Waals surface area contributed by atoms with Crippen LogP contribution in [0.15, 0.2) is 48.7 Å². The SMILES string of the molecule is O=C(CCc1ccc2c(c1)CN(O)C=C2)Nc1ccccc1C(=O)O. The first kappa shape index (κ1) is 16.7. The van der Waals surface area contributed by atoms with E-state index in [0.29, 0.717) is 18.7 Å². The largest absolute Gasteiger partial charge is 0.478 e. The van der Waals surface area contributed by atoms with E-state index in [2.05, 4.69) is 5.32 Å². The van der Waals surface area contributed by atoms with Crippen molar-refractivity contribution in [2.24, 2.45) is 0 Å². The molecule has 1 aliphatic rings. The first-order valence-electron chi connectivity index (χ1n) is 7.90. The van der Waals surface area contributed by atoms with Gasteiger partial charge in [-0.3, -0.25) is 15.1 Å². The van der Waals surface area contributed by atoms with Crippen molar-refractivity contribution in [3.05, 3.63) is 70.9 Å². The van der Waals surface area contributed by atoms with Gasteiger partial charge in [-0.15, -0.1) is 0 Å². The van der Waals surface area contributed by atoms with E-state index in [0.717, 1.165) is 21.8 Å². The van der Waals surface area contributed by atoms with Gasteiger partial charge in [-0.05, 0) is 41.3 Å². The normalized spacial score (nSPS) is 12.6. The molecular formula is C19H18N2O4. The Hall–Kier alpha value is -3.12. The average molecular weight is 338 g/mol. The first-order valence-corrected chi connectivity index (χ1v) is 7.90. The van der Waals surface area contributed by atoms with Crippen LogP contribution in [0.2, 0.25) is 0 Å². The predicted octanol–water partition coefficient (Wildman–Crippen LogP) is 3.13. The molecule has 1 amide bonds. The molecule has 3 N–H and O–H groups in total. The summed E-state index contributed by atoms with van der Waals surface area (Å²) in [6.07, 6.45) is 4.21. The van der Waals surface area contributed by atoms with Crippen LogP contribution in [0.4, 0.5) is 5.69 Å². The van der Waals surface area contributed by atoms with Crippen molar-refractivity contribution in [1.29, 1.82) is 0 Å². The van der Waals surface area contributed by atoms with Gasteiger partial charge in [-0.1, -0.05) is 30.3 Å². The molecule has 0 aliphatic carbocycles. The van der Waals surface area contributed by atoms with Crippen molar-refractivity contribution in [2.45, 2.75) is 19.4 Å². The van der Waals surface area contributed by atoms with Crippen LogP contribution in [0.5, 0.6) is 0 Å². The molecule has 0 radical (unpaired) electrons. The van der Waals surface area contributed by atoms with Crippen LogP contribution in [0.25, 0.3) is 6.08 Å². The van der Waals surface area contributed by atoms with Crippen LogP contribution < -0.4 is 5.32 Å². The highest BCUT2D eigenvalue weighted by molar-refractivity contribution is 6.00. The number of carboxylic acids is 1. The number of carbonyl (C=O) groups excluding carboxylic acids is 1. The number of benzene rings is 2. The van der Waals surface area contributed by atoms with Gasteiger partial charge in [0, 0.05) is 12.6 Å². The van der Waals surface area contributed by atoms with Gasteiger partial charge >= 0.3 is 5.97 Å². The molecular weight excluding hydrogens is 320 g/mol. The Morgan fingerprint density at radius 2 is 1.96 bits per heavy atom. The number of nitrogens with one attached hydrogen (secondary N) is 1. The minimum atomic E-state index is -1.08. The lowest BCUT2D eigenvalue weighted by Crippen LogP contribution is -2.16. The number of aryl methyl sites for hydroxylation is 1. The van der Waals surface area contributed by atoms with Gasteiger partial charge < -0.3 is 10.4 Å². The Balaban J connectivity index is 1.63. The predicted molar refractivity (Wildman–Crippen MR) is 93.2 cm³/mol. The number of fused-ring (bicyclic) bond motifs is 1. The van der Waals surface area contributed by atoms with E-state index in [9.17, 15) is 14.8 Å². The second kappa shape index (κ2) is 7.19. The third-order valence-electron chi connectivity index (χ3n) is 4.04. The molecule has 3 rings (SSSR count). The van der Waals surface area contributed by atoms with Crippen molar-refractivity contribution in [3.8, 4) is 0 Å². The zero-order chi connectivity index (χ0) is 17.8. The van der Waals surface area contributed by atoms with Crippen molar-refractivity contribution >= 4 is 23.6 Å². The molecule has 2 aromatic rings. The monoisotopic (exact) mass is 338 g/mol. The topological polar surface area (TPSA) is 89.9 Å². The number of nitrogens with zero attached hydrogens (tertiary/aromatic N) is 1. The lowest BCUT2D eigenvalue weighted by Gasteiger charge is -2.19. The Morgan fingerprint density at radius 3 is 2.76 bits per heavy atom. The van der Waals surface area contributed by atoms with Crippen LogP contribution in [-0.4, -0.2) is 27.3 Å². The number of carboxylic acid groups (broad SMARTS) is 1. The van der Waals surface area contributed by atoms with Gasteiger partial charge in [-0.25, -0.2) is 4.79 Å². The summed E-state index contributed by atoms with van der Waals surface area (Å²) in [6.45, 7) is 0.415. The van der Waals surface area contributed by atoms with Crippen LogP contribution in [0.1, 0.15) is 33.5 Å². The quantitative estimate of drug-likeness (QED) is 0.779. The third-order valence-corrected chi connectivity index (χ3v) is 4.04. The van der Waals surface area contributed by atoms with E-state index < -0.39 is 5.97 Å². The zero-order valence-corrected chi connectivity index (χ0v) is 13.5. The minimum absolute atomic E-state index is 0.0689. The van der Waals surface area contributed by atoms with Gasteiger partial charge in [0.25, 0.3) is 0 Å². The molecule has 0 atom stereocenters. The summed E-state index contributed by atoms with van der Waals surface area (Å²) in [7, 11) is 0. The molecule has 1 heterocycles. The summed E-state index contributed by atoms with van der Waals surface area (Å²) < 4.78 is 0. The summed E-state index contributed by atoms with van der Waals surface area (Å²) in [5.74, 6) is -1.32. The van der Waals surface area contributed by atoms with E-state index in [1.165, 1.54) is 6.07 Å². The third kappa shape index (κ3) is 4.05. The van der Waals surface area contributed by atoms with E-state index >= 15 is 0 Å². The highest BCUT2D eigenvalue weighted by Crippen LogP contribution is 2.21. The Morgan fingerprint density at radius 1 is 1.16 bits per heavy atom. The number of para-hydroxylation sites is 1. The van der Waals surface area contributed by atoms with E-state index in [1.807, 2.05) is 24.3 Å². The van der Waals surface area contributed by atoms with E-state index in [-0.39, 0.29) is 17.9 Å². The minimum Gasteiger partial charge on any atom is -0.478 e. The van der Waals surface area contributed by atoms with Crippen LogP contribution in [0.3, 0.4) is 0 Å². The number of hydroxylamine groups is 2. The number of anilines is 1. The molecule has 0 spiro atoms. The molecule has 0 aromatic heterocycles. The summed E-state index contributed by atoms with van der Waals surface area (Å²) in [6, 6.07) is 12.2. The molecule has 0 unspecified atom stereocenters. The fraction of sp³-hybridized carbons (Fsp3) is 0.158. The number of carbonyl (C=O) groups is 2. The molecule has 0 saturated heterocycles. The zero-order valence-electron chi connectivity index (χ0n) is 13.5. The smallest absolute Gasteiger partial charge is 0.337 e. The van der Waals surface area contributed by atoms with Crippen molar-refractivity contribution < 1.29 is 19.9 Å². The highest BCUT2D eigenvalue weighted by atomic mass is 16.5. The summed E-state index contributed by atoms with van der Waals surface area (Å²) in [5, 5.41) is 22.4. The maximum Gasteiger partial charge on any atom is 0.337 e. The molecule has 0 saturated carbocycles. The Kier molecular flexibility index (Phi) is 4.81. The first-order chi connectivity index (χ1) is 12.0. The van der Waals surface area contributed by atoms with Crippen molar-refractivity contribution in [2.75, 3.05) is 5.32 Å². The molecule has 0 bridgehead atoms. The fourth-order valence-electron chi connectivity index (χ4n) is 2.76. The van der Waals surface area contributed by atoms with Crippen LogP contribution in [-0.2, 0) is 17.8 Å². The summed E-state index contributed by atoms with van der Waals surface area (Å²) >= 11 is 0. The number of aromatic carboxylic acids is 1. The van der Waals surface area contributed by atoms with Crippen LogP contribution >= 0.6 is 0 Å². The van der Waals surface area contributed by atoms with E-state index in [4.69, 9.17) is 5.11 Å². The van der Waals surface area contributed by atoms with Gasteiger partial charge in [-0.2, -0.15) is 0 Å². The van der Waals surface area contributed by atoms with Gasteiger partial charge in [0.05, 0.1) is 17.8 Å². The molecule has 2 aromatic carbocycles. The lowest BCUT2D eigenvalue weighted by molar-refractivity contribution is -0.116. The molecule has 6 heteroatoms. The molecule has 1 aliphatic heterocycles. The van der Waals surface area contributed by atoms with Gasteiger partial charge in [0.2, 0.25) is 5.91 Å². The second-order valence-corrected chi connectivity index (χ2v) is 5.85. The molecule has 6 nitrogen and oxygen atoms in total. The number of amides is 1. The van der Waals surface area contributed by atoms with Crippen LogP contribution in [0, 0.1) is 0 Å². The number of rotatable bonds is 5. The summed E-state index contributed by atoms with van der Waals surface area (Å²) in [5.41, 5.74) is 3.41. The van der Waals surface area contributed by atoms with E-state index in [1.54, 1.807) is 24.4 Å². The molecule has 128 valence electrons. The van der Waals surface area contributed by atoms with Gasteiger partial charge in [0.1, 0.15) is 0 Å². The lowest BCUT2D eigenvalue weighted by atomic mass is 9.99. The Bertz CT molecular complexity index is 845. The number of hydrogen-bond acceptors (Lipinski definition) is 4. The standard InChI is InChI=1S/C19H18N2O4/c22-18(20-17-4-2-1-3-16(17)19(23)24)8-6-13-5-7-14-9-10-21(25)12-15(14)11-13/h1-5,7,9-11,25H,6,8,12H2,(H,20,22)(H,23,24). The Labute approximate surface area is 145 Å².